The highest BCUT2D eigenvalue weighted by Crippen LogP contribution is 2.37. The molecule has 0 heterocycles. The Bertz CT molecular complexity index is 322. The van der Waals surface area contributed by atoms with Crippen LogP contribution in [0, 0.1) is 23.2 Å². The minimum atomic E-state index is -0.120. The third-order valence-electron chi connectivity index (χ3n) is 2.82. The number of rotatable bonds is 5. The van der Waals surface area contributed by atoms with Crippen LogP contribution in [0.3, 0.4) is 0 Å². The number of amides is 2. The number of nitrogens with one attached hydrogen (secondary N) is 1. The molecule has 1 N–H and O–H groups in total. The summed E-state index contributed by atoms with van der Waals surface area (Å²) in [6.07, 6.45) is 1.21. The van der Waals surface area contributed by atoms with Gasteiger partial charge in [0.05, 0.1) is 6.07 Å². The maximum Gasteiger partial charge on any atom is 0.224 e. The quantitative estimate of drug-likeness (QED) is 0.673. The standard InChI is InChI=1S/C11H17N3O2/c1-8-7-9(8)11(16)13-5-3-10(15)14(2)6-4-12/h8-9H,3,5-7H2,1-2H3,(H,13,16)/t8-,9+/m0/s1. The van der Waals surface area contributed by atoms with Gasteiger partial charge in [0, 0.05) is 25.9 Å². The van der Waals surface area contributed by atoms with Crippen LogP contribution in [0.4, 0.5) is 0 Å². The van der Waals surface area contributed by atoms with E-state index in [1.54, 1.807) is 7.05 Å². The molecule has 16 heavy (non-hydrogen) atoms. The summed E-state index contributed by atoms with van der Waals surface area (Å²) < 4.78 is 0. The SMILES string of the molecule is C[C@H]1C[C@H]1C(=O)NCCC(=O)N(C)CC#N. The Kier molecular flexibility index (Phi) is 4.29. The zero-order chi connectivity index (χ0) is 12.1. The predicted molar refractivity (Wildman–Crippen MR) is 58.1 cm³/mol. The van der Waals surface area contributed by atoms with Crippen LogP contribution in [0.1, 0.15) is 19.8 Å². The van der Waals surface area contributed by atoms with Gasteiger partial charge in [0.25, 0.3) is 0 Å². The largest absolute Gasteiger partial charge is 0.355 e. The first kappa shape index (κ1) is 12.5. The fourth-order valence-corrected chi connectivity index (χ4v) is 1.50. The number of carbonyl (C=O) groups is 2. The third-order valence-corrected chi connectivity index (χ3v) is 2.82. The van der Waals surface area contributed by atoms with E-state index in [9.17, 15) is 9.59 Å². The lowest BCUT2D eigenvalue weighted by Gasteiger charge is -2.12. The molecule has 1 aliphatic carbocycles. The molecule has 0 aromatic heterocycles. The van der Waals surface area contributed by atoms with Gasteiger partial charge in [-0.15, -0.1) is 0 Å². The van der Waals surface area contributed by atoms with Gasteiger partial charge in [-0.05, 0) is 12.3 Å². The Morgan fingerprint density at radius 3 is 2.69 bits per heavy atom. The maximum absolute atomic E-state index is 11.4. The molecule has 0 spiro atoms. The predicted octanol–water partition coefficient (Wildman–Crippen LogP) is 0.131. The molecule has 1 saturated carbocycles. The molecular weight excluding hydrogens is 206 g/mol. The molecule has 88 valence electrons. The minimum absolute atomic E-state index is 0.0447. The molecular formula is C11H17N3O2. The van der Waals surface area contributed by atoms with Crippen molar-refractivity contribution in [2.75, 3.05) is 20.1 Å². The molecule has 2 atom stereocenters. The lowest BCUT2D eigenvalue weighted by Crippen LogP contribution is -2.33. The highest BCUT2D eigenvalue weighted by molar-refractivity contribution is 5.82. The molecule has 1 fully saturated rings. The van der Waals surface area contributed by atoms with E-state index in [0.717, 1.165) is 6.42 Å². The Hall–Kier alpha value is -1.57. The van der Waals surface area contributed by atoms with Gasteiger partial charge in [-0.2, -0.15) is 5.26 Å². The second-order valence-electron chi connectivity index (χ2n) is 4.27. The molecule has 5 nitrogen and oxygen atoms in total. The van der Waals surface area contributed by atoms with Gasteiger partial charge < -0.3 is 10.2 Å². The average molecular weight is 223 g/mol. The molecule has 0 bridgehead atoms. The van der Waals surface area contributed by atoms with Crippen LogP contribution in [-0.2, 0) is 9.59 Å². The zero-order valence-corrected chi connectivity index (χ0v) is 9.69. The van der Waals surface area contributed by atoms with E-state index in [1.165, 1.54) is 4.90 Å². The van der Waals surface area contributed by atoms with E-state index in [2.05, 4.69) is 5.32 Å². The first-order valence-corrected chi connectivity index (χ1v) is 5.45. The molecule has 0 aromatic carbocycles. The van der Waals surface area contributed by atoms with E-state index < -0.39 is 0 Å². The van der Waals surface area contributed by atoms with Crippen molar-refractivity contribution in [3.05, 3.63) is 0 Å². The molecule has 0 aromatic rings. The van der Waals surface area contributed by atoms with Crippen molar-refractivity contribution in [2.45, 2.75) is 19.8 Å². The van der Waals surface area contributed by atoms with Crippen molar-refractivity contribution < 1.29 is 9.59 Å². The number of nitrogens with zero attached hydrogens (tertiary/aromatic N) is 2. The van der Waals surface area contributed by atoms with Gasteiger partial charge in [-0.3, -0.25) is 9.59 Å². The van der Waals surface area contributed by atoms with E-state index >= 15 is 0 Å². The van der Waals surface area contributed by atoms with Crippen LogP contribution in [0.15, 0.2) is 0 Å². The van der Waals surface area contributed by atoms with Gasteiger partial charge in [-0.25, -0.2) is 0 Å². The highest BCUT2D eigenvalue weighted by Gasteiger charge is 2.38. The molecule has 0 saturated heterocycles. The fourth-order valence-electron chi connectivity index (χ4n) is 1.50. The first-order chi connectivity index (χ1) is 7.56. The van der Waals surface area contributed by atoms with Crippen LogP contribution in [-0.4, -0.2) is 36.9 Å². The van der Waals surface area contributed by atoms with Crippen molar-refractivity contribution >= 4 is 11.8 Å². The molecule has 1 aliphatic rings. The fraction of sp³-hybridized carbons (Fsp3) is 0.727. The van der Waals surface area contributed by atoms with Crippen LogP contribution in [0.25, 0.3) is 0 Å². The van der Waals surface area contributed by atoms with Crippen molar-refractivity contribution in [1.82, 2.24) is 10.2 Å². The maximum atomic E-state index is 11.4. The minimum Gasteiger partial charge on any atom is -0.355 e. The lowest BCUT2D eigenvalue weighted by atomic mass is 10.3. The summed E-state index contributed by atoms with van der Waals surface area (Å²) in [4.78, 5) is 24.1. The summed E-state index contributed by atoms with van der Waals surface area (Å²) in [7, 11) is 1.58. The smallest absolute Gasteiger partial charge is 0.224 e. The Balaban J connectivity index is 2.13. The molecule has 0 unspecified atom stereocenters. The Labute approximate surface area is 95.4 Å². The topological polar surface area (TPSA) is 73.2 Å². The van der Waals surface area contributed by atoms with E-state index in [0.29, 0.717) is 12.5 Å². The number of hydrogen-bond acceptors (Lipinski definition) is 3. The Morgan fingerprint density at radius 2 is 2.19 bits per heavy atom. The van der Waals surface area contributed by atoms with Gasteiger partial charge in [0.2, 0.25) is 11.8 Å². The summed E-state index contributed by atoms with van der Waals surface area (Å²) in [5.74, 6) is 0.554. The number of hydrogen-bond donors (Lipinski definition) is 1. The van der Waals surface area contributed by atoms with Crippen molar-refractivity contribution in [3.8, 4) is 6.07 Å². The average Bonchev–Trinajstić information content (AvgIpc) is 2.95. The summed E-state index contributed by atoms with van der Waals surface area (Å²) in [6, 6.07) is 1.90. The van der Waals surface area contributed by atoms with Gasteiger partial charge in [-0.1, -0.05) is 6.92 Å². The van der Waals surface area contributed by atoms with Gasteiger partial charge in [0.15, 0.2) is 0 Å². The van der Waals surface area contributed by atoms with Crippen molar-refractivity contribution in [1.29, 1.82) is 5.26 Å². The van der Waals surface area contributed by atoms with Crippen LogP contribution in [0.5, 0.6) is 0 Å². The normalized spacial score (nSPS) is 22.1. The first-order valence-electron chi connectivity index (χ1n) is 5.45. The molecule has 1 rings (SSSR count). The summed E-state index contributed by atoms with van der Waals surface area (Å²) in [6.45, 7) is 2.49. The zero-order valence-electron chi connectivity index (χ0n) is 9.69. The van der Waals surface area contributed by atoms with Crippen molar-refractivity contribution in [2.24, 2.45) is 11.8 Å². The highest BCUT2D eigenvalue weighted by atomic mass is 16.2. The monoisotopic (exact) mass is 223 g/mol. The summed E-state index contributed by atoms with van der Waals surface area (Å²) >= 11 is 0. The Morgan fingerprint density at radius 1 is 1.56 bits per heavy atom. The van der Waals surface area contributed by atoms with Crippen LogP contribution in [0.2, 0.25) is 0 Å². The van der Waals surface area contributed by atoms with Gasteiger partial charge in [0.1, 0.15) is 6.54 Å². The van der Waals surface area contributed by atoms with Crippen molar-refractivity contribution in [3.63, 3.8) is 0 Å². The van der Waals surface area contributed by atoms with Crippen LogP contribution < -0.4 is 5.32 Å². The molecule has 2 amide bonds. The lowest BCUT2D eigenvalue weighted by molar-refractivity contribution is -0.129. The van der Waals surface area contributed by atoms with Crippen LogP contribution >= 0.6 is 0 Å². The van der Waals surface area contributed by atoms with E-state index in [1.807, 2.05) is 13.0 Å². The number of carbonyl (C=O) groups excluding carboxylic acids is 2. The summed E-state index contributed by atoms with van der Waals surface area (Å²) in [5, 5.41) is 11.1. The molecule has 5 heteroatoms. The van der Waals surface area contributed by atoms with Gasteiger partial charge >= 0.3 is 0 Å². The third kappa shape index (κ3) is 3.54. The second-order valence-corrected chi connectivity index (χ2v) is 4.27. The van der Waals surface area contributed by atoms with E-state index in [-0.39, 0.29) is 30.7 Å². The molecule has 0 radical (unpaired) electrons. The second kappa shape index (κ2) is 5.50. The number of nitriles is 1. The summed E-state index contributed by atoms with van der Waals surface area (Å²) in [5.41, 5.74) is 0. The van der Waals surface area contributed by atoms with E-state index in [4.69, 9.17) is 5.26 Å². The molecule has 0 aliphatic heterocycles.